The second-order valence-electron chi connectivity index (χ2n) is 4.02. The number of para-hydroxylation sites is 2. The van der Waals surface area contributed by atoms with Crippen LogP contribution >= 0.6 is 11.6 Å². The third-order valence-electron chi connectivity index (χ3n) is 2.64. The summed E-state index contributed by atoms with van der Waals surface area (Å²) in [7, 11) is 0. The predicted octanol–water partition coefficient (Wildman–Crippen LogP) is 3.66. The van der Waals surface area contributed by atoms with Gasteiger partial charge in [-0.15, -0.1) is 0 Å². The van der Waals surface area contributed by atoms with Gasteiger partial charge in [0.1, 0.15) is 0 Å². The van der Waals surface area contributed by atoms with Gasteiger partial charge < -0.3 is 4.98 Å². The van der Waals surface area contributed by atoms with Crippen LogP contribution in [-0.4, -0.2) is 16.2 Å². The number of anilines is 1. The molecule has 3 rings (SSSR count). The summed E-state index contributed by atoms with van der Waals surface area (Å²) in [5.41, 5.74) is 5.72. The van der Waals surface area contributed by atoms with E-state index in [1.807, 2.05) is 48.5 Å². The normalized spacial score (nSPS) is 11.2. The van der Waals surface area contributed by atoms with Gasteiger partial charge in [-0.05, 0) is 29.8 Å². The number of halogens is 1. The summed E-state index contributed by atoms with van der Waals surface area (Å²) in [4.78, 5) is 7.49. The van der Waals surface area contributed by atoms with Crippen molar-refractivity contribution < 1.29 is 0 Å². The average molecular weight is 271 g/mol. The lowest BCUT2D eigenvalue weighted by Gasteiger charge is -1.94. The molecular formula is C14H11ClN4. The minimum atomic E-state index is 0.617. The van der Waals surface area contributed by atoms with Crippen LogP contribution in [-0.2, 0) is 0 Å². The van der Waals surface area contributed by atoms with Crippen LogP contribution in [0.15, 0.2) is 53.6 Å². The Bertz CT molecular complexity index is 683. The van der Waals surface area contributed by atoms with Crippen molar-refractivity contribution in [3.8, 4) is 0 Å². The van der Waals surface area contributed by atoms with Gasteiger partial charge in [0.05, 0.1) is 17.2 Å². The molecule has 0 fully saturated rings. The van der Waals surface area contributed by atoms with E-state index in [9.17, 15) is 0 Å². The van der Waals surface area contributed by atoms with E-state index in [0.29, 0.717) is 11.0 Å². The van der Waals surface area contributed by atoms with Crippen LogP contribution in [0.1, 0.15) is 5.56 Å². The zero-order valence-corrected chi connectivity index (χ0v) is 10.7. The number of hydrogen-bond acceptors (Lipinski definition) is 3. The maximum absolute atomic E-state index is 5.81. The number of nitrogens with one attached hydrogen (secondary N) is 2. The quantitative estimate of drug-likeness (QED) is 0.564. The summed E-state index contributed by atoms with van der Waals surface area (Å²) in [6.07, 6.45) is 1.71. The molecule has 0 atom stereocenters. The van der Waals surface area contributed by atoms with Crippen molar-refractivity contribution in [3.05, 3.63) is 59.1 Å². The number of fused-ring (bicyclic) bond motifs is 1. The van der Waals surface area contributed by atoms with E-state index in [0.717, 1.165) is 16.6 Å². The molecule has 0 bridgehead atoms. The number of rotatable bonds is 3. The van der Waals surface area contributed by atoms with Gasteiger partial charge in [-0.25, -0.2) is 10.4 Å². The van der Waals surface area contributed by atoms with E-state index in [4.69, 9.17) is 11.6 Å². The summed E-state index contributed by atoms with van der Waals surface area (Å²) >= 11 is 5.81. The highest BCUT2D eigenvalue weighted by molar-refractivity contribution is 6.30. The number of hydrazone groups is 1. The Labute approximate surface area is 115 Å². The van der Waals surface area contributed by atoms with Gasteiger partial charge in [-0.1, -0.05) is 35.9 Å². The van der Waals surface area contributed by atoms with Crippen molar-refractivity contribution in [1.82, 2.24) is 9.97 Å². The topological polar surface area (TPSA) is 53.1 Å². The second kappa shape index (κ2) is 5.12. The Morgan fingerprint density at radius 3 is 2.68 bits per heavy atom. The summed E-state index contributed by atoms with van der Waals surface area (Å²) in [5, 5.41) is 4.84. The van der Waals surface area contributed by atoms with Crippen LogP contribution in [0.3, 0.4) is 0 Å². The summed E-state index contributed by atoms with van der Waals surface area (Å²) in [6.45, 7) is 0. The molecular weight excluding hydrogens is 260 g/mol. The van der Waals surface area contributed by atoms with E-state index in [1.165, 1.54) is 0 Å². The molecule has 1 aromatic heterocycles. The van der Waals surface area contributed by atoms with Gasteiger partial charge in [0.25, 0.3) is 0 Å². The average Bonchev–Trinajstić information content (AvgIpc) is 2.83. The van der Waals surface area contributed by atoms with Gasteiger partial charge in [-0.3, -0.25) is 0 Å². The first-order valence-electron chi connectivity index (χ1n) is 5.81. The molecule has 0 aliphatic rings. The third-order valence-corrected chi connectivity index (χ3v) is 2.90. The molecule has 0 radical (unpaired) electrons. The smallest absolute Gasteiger partial charge is 0.222 e. The largest absolute Gasteiger partial charge is 0.323 e. The van der Waals surface area contributed by atoms with E-state index in [1.54, 1.807) is 6.21 Å². The van der Waals surface area contributed by atoms with Crippen LogP contribution in [0.5, 0.6) is 0 Å². The lowest BCUT2D eigenvalue weighted by molar-refractivity contribution is 1.21. The molecule has 0 saturated carbocycles. The minimum Gasteiger partial charge on any atom is -0.323 e. The monoisotopic (exact) mass is 270 g/mol. The molecule has 94 valence electrons. The van der Waals surface area contributed by atoms with Gasteiger partial charge in [0, 0.05) is 5.02 Å². The van der Waals surface area contributed by atoms with Crippen molar-refractivity contribution >= 4 is 34.8 Å². The number of benzene rings is 2. The number of imidazole rings is 1. The Morgan fingerprint density at radius 2 is 1.89 bits per heavy atom. The van der Waals surface area contributed by atoms with Gasteiger partial charge >= 0.3 is 0 Å². The molecule has 3 aromatic rings. The van der Waals surface area contributed by atoms with Crippen molar-refractivity contribution in [2.24, 2.45) is 5.10 Å². The standard InChI is InChI=1S/C14H11ClN4/c15-11-7-5-10(6-8-11)9-16-19-14-17-12-3-1-2-4-13(12)18-14/h1-9H,(H2,17,18,19)/b16-9-. The van der Waals surface area contributed by atoms with Crippen molar-refractivity contribution in [3.63, 3.8) is 0 Å². The van der Waals surface area contributed by atoms with E-state index in [2.05, 4.69) is 20.5 Å². The highest BCUT2D eigenvalue weighted by atomic mass is 35.5. The Morgan fingerprint density at radius 1 is 1.11 bits per heavy atom. The fraction of sp³-hybridized carbons (Fsp3) is 0. The summed E-state index contributed by atoms with van der Waals surface area (Å²) in [6, 6.07) is 15.3. The van der Waals surface area contributed by atoms with Crippen LogP contribution < -0.4 is 5.43 Å². The lowest BCUT2D eigenvalue weighted by Crippen LogP contribution is -1.92. The number of hydrogen-bond donors (Lipinski definition) is 2. The number of H-pyrrole nitrogens is 1. The zero-order valence-electron chi connectivity index (χ0n) is 9.97. The Kier molecular flexibility index (Phi) is 3.16. The van der Waals surface area contributed by atoms with Gasteiger partial charge in [-0.2, -0.15) is 5.10 Å². The predicted molar refractivity (Wildman–Crippen MR) is 78.8 cm³/mol. The highest BCUT2D eigenvalue weighted by Gasteiger charge is 1.99. The third kappa shape index (κ3) is 2.74. The molecule has 0 unspecified atom stereocenters. The van der Waals surface area contributed by atoms with Crippen LogP contribution in [0.2, 0.25) is 5.02 Å². The highest BCUT2D eigenvalue weighted by Crippen LogP contribution is 2.13. The maximum atomic E-state index is 5.81. The number of aromatic amines is 1. The summed E-state index contributed by atoms with van der Waals surface area (Å²) in [5.74, 6) is 0.617. The number of aromatic nitrogens is 2. The molecule has 1 heterocycles. The SMILES string of the molecule is Clc1ccc(/C=N\Nc2nc3ccccc3[nH]2)cc1. The molecule has 0 aliphatic heterocycles. The van der Waals surface area contributed by atoms with E-state index < -0.39 is 0 Å². The van der Waals surface area contributed by atoms with Crippen LogP contribution in [0, 0.1) is 0 Å². The molecule has 2 N–H and O–H groups in total. The fourth-order valence-electron chi connectivity index (χ4n) is 1.72. The van der Waals surface area contributed by atoms with Crippen LogP contribution in [0.25, 0.3) is 11.0 Å². The molecule has 0 spiro atoms. The second-order valence-corrected chi connectivity index (χ2v) is 4.46. The molecule has 19 heavy (non-hydrogen) atoms. The first-order chi connectivity index (χ1) is 9.31. The first kappa shape index (κ1) is 11.7. The van der Waals surface area contributed by atoms with Gasteiger partial charge in [0.15, 0.2) is 0 Å². The lowest BCUT2D eigenvalue weighted by atomic mass is 10.2. The van der Waals surface area contributed by atoms with Gasteiger partial charge in [0.2, 0.25) is 5.95 Å². The Balaban J connectivity index is 1.73. The first-order valence-corrected chi connectivity index (χ1v) is 6.18. The van der Waals surface area contributed by atoms with E-state index in [-0.39, 0.29) is 0 Å². The molecule has 0 aliphatic carbocycles. The minimum absolute atomic E-state index is 0.617. The molecule has 2 aromatic carbocycles. The molecule has 4 nitrogen and oxygen atoms in total. The fourth-order valence-corrected chi connectivity index (χ4v) is 1.85. The van der Waals surface area contributed by atoms with Crippen molar-refractivity contribution in [1.29, 1.82) is 0 Å². The number of nitrogens with zero attached hydrogens (tertiary/aromatic N) is 2. The van der Waals surface area contributed by atoms with Crippen molar-refractivity contribution in [2.45, 2.75) is 0 Å². The van der Waals surface area contributed by atoms with Crippen molar-refractivity contribution in [2.75, 3.05) is 5.43 Å². The molecule has 0 saturated heterocycles. The van der Waals surface area contributed by atoms with Crippen LogP contribution in [0.4, 0.5) is 5.95 Å². The van der Waals surface area contributed by atoms with E-state index >= 15 is 0 Å². The Hall–Kier alpha value is -2.33. The summed E-state index contributed by atoms with van der Waals surface area (Å²) < 4.78 is 0. The molecule has 5 heteroatoms. The zero-order chi connectivity index (χ0) is 13.1. The molecule has 0 amide bonds. The maximum Gasteiger partial charge on any atom is 0.222 e.